The quantitative estimate of drug-likeness (QED) is 0.703. The molecule has 1 N–H and O–H groups in total. The highest BCUT2D eigenvalue weighted by Crippen LogP contribution is 2.39. The molecule has 0 spiro atoms. The third-order valence-electron chi connectivity index (χ3n) is 4.10. The Morgan fingerprint density at radius 1 is 1.09 bits per heavy atom. The van der Waals surface area contributed by atoms with Gasteiger partial charge in [0, 0.05) is 11.3 Å². The highest BCUT2D eigenvalue weighted by molar-refractivity contribution is 5.91. The second kappa shape index (κ2) is 5.05. The van der Waals surface area contributed by atoms with Gasteiger partial charge in [0.15, 0.2) is 0 Å². The Morgan fingerprint density at radius 3 is 2.74 bits per heavy atom. The average Bonchev–Trinajstić information content (AvgIpc) is 2.54. The van der Waals surface area contributed by atoms with Crippen molar-refractivity contribution in [1.82, 2.24) is 4.98 Å². The Bertz CT molecular complexity index is 993. The van der Waals surface area contributed by atoms with Crippen LogP contribution in [0.1, 0.15) is 23.5 Å². The van der Waals surface area contributed by atoms with E-state index in [1.807, 2.05) is 0 Å². The third-order valence-corrected chi connectivity index (χ3v) is 4.10. The van der Waals surface area contributed by atoms with E-state index in [0.29, 0.717) is 22.0 Å². The van der Waals surface area contributed by atoms with E-state index in [9.17, 15) is 14.0 Å². The van der Waals surface area contributed by atoms with Crippen LogP contribution in [0.5, 0.6) is 5.75 Å². The zero-order chi connectivity index (χ0) is 16.0. The van der Waals surface area contributed by atoms with Crippen LogP contribution < -0.4 is 10.3 Å². The van der Waals surface area contributed by atoms with E-state index >= 15 is 0 Å². The van der Waals surface area contributed by atoms with Crippen molar-refractivity contribution in [1.29, 1.82) is 0 Å². The van der Waals surface area contributed by atoms with Crippen molar-refractivity contribution in [3.8, 4) is 5.75 Å². The average molecular weight is 309 g/mol. The van der Waals surface area contributed by atoms with Crippen molar-refractivity contribution >= 4 is 16.9 Å². The van der Waals surface area contributed by atoms with Gasteiger partial charge in [-0.05, 0) is 29.8 Å². The molecule has 0 saturated carbocycles. The number of hydrogen-bond acceptors (Lipinski definition) is 3. The molecular formula is C18H12FNO3. The Hall–Kier alpha value is -2.95. The van der Waals surface area contributed by atoms with Crippen molar-refractivity contribution in [2.24, 2.45) is 0 Å². The molecule has 0 saturated heterocycles. The number of esters is 1. The molecule has 5 heteroatoms. The number of aromatic nitrogens is 1. The monoisotopic (exact) mass is 309 g/mol. The minimum absolute atomic E-state index is 0.0118. The predicted octanol–water partition coefficient (Wildman–Crippen LogP) is 3.11. The summed E-state index contributed by atoms with van der Waals surface area (Å²) in [7, 11) is 0. The molecule has 0 unspecified atom stereocenters. The van der Waals surface area contributed by atoms with E-state index in [1.165, 1.54) is 12.1 Å². The molecule has 1 aliphatic rings. The zero-order valence-electron chi connectivity index (χ0n) is 12.0. The first-order chi connectivity index (χ1) is 11.1. The second-order valence-electron chi connectivity index (χ2n) is 5.53. The maximum absolute atomic E-state index is 13.5. The van der Waals surface area contributed by atoms with Crippen LogP contribution in [-0.4, -0.2) is 11.0 Å². The number of carbonyl (C=O) groups excluding carboxylic acids is 1. The lowest BCUT2D eigenvalue weighted by molar-refractivity contribution is -0.135. The number of H-pyrrole nitrogens is 1. The fraction of sp³-hybridized carbons (Fsp3) is 0.111. The lowest BCUT2D eigenvalue weighted by Gasteiger charge is -2.25. The van der Waals surface area contributed by atoms with Crippen molar-refractivity contribution in [2.75, 3.05) is 0 Å². The molecule has 1 atom stereocenters. The fourth-order valence-electron chi connectivity index (χ4n) is 3.09. The van der Waals surface area contributed by atoms with Gasteiger partial charge in [0.05, 0.1) is 17.5 Å². The van der Waals surface area contributed by atoms with Crippen LogP contribution in [0.3, 0.4) is 0 Å². The van der Waals surface area contributed by atoms with Crippen molar-refractivity contribution in [2.45, 2.75) is 12.3 Å². The summed E-state index contributed by atoms with van der Waals surface area (Å²) in [5, 5.41) is 0.663. The van der Waals surface area contributed by atoms with Crippen LogP contribution in [0.15, 0.2) is 53.3 Å². The van der Waals surface area contributed by atoms with Crippen LogP contribution in [0, 0.1) is 5.82 Å². The number of fused-ring (bicyclic) bond motifs is 3. The molecule has 3 aromatic rings. The number of para-hydroxylation sites is 1. The normalized spacial score (nSPS) is 16.9. The van der Waals surface area contributed by atoms with E-state index in [0.717, 1.165) is 0 Å². The lowest BCUT2D eigenvalue weighted by atomic mass is 9.86. The molecule has 0 aliphatic carbocycles. The van der Waals surface area contributed by atoms with Gasteiger partial charge in [0.2, 0.25) is 0 Å². The number of aromatic amines is 1. The number of halogens is 1. The summed E-state index contributed by atoms with van der Waals surface area (Å²) in [6, 6.07) is 13.1. The van der Waals surface area contributed by atoms with Crippen LogP contribution in [-0.2, 0) is 4.79 Å². The summed E-state index contributed by atoms with van der Waals surface area (Å²) in [5.74, 6) is -1.08. The molecule has 1 aliphatic heterocycles. The van der Waals surface area contributed by atoms with Crippen LogP contribution in [0.25, 0.3) is 10.9 Å². The number of pyridine rings is 1. The smallest absolute Gasteiger partial charge is 0.312 e. The third kappa shape index (κ3) is 2.21. The predicted molar refractivity (Wildman–Crippen MR) is 83.1 cm³/mol. The second-order valence-corrected chi connectivity index (χ2v) is 5.53. The molecule has 2 aromatic carbocycles. The number of nitrogens with one attached hydrogen (secondary N) is 1. The summed E-state index contributed by atoms with van der Waals surface area (Å²) >= 11 is 0. The molecule has 0 bridgehead atoms. The molecule has 0 radical (unpaired) electrons. The Kier molecular flexibility index (Phi) is 3.01. The van der Waals surface area contributed by atoms with E-state index in [4.69, 9.17) is 4.74 Å². The summed E-state index contributed by atoms with van der Waals surface area (Å²) in [4.78, 5) is 27.3. The Labute approximate surface area is 130 Å². The summed E-state index contributed by atoms with van der Waals surface area (Å²) in [6.07, 6.45) is 0.0118. The van der Waals surface area contributed by atoms with E-state index in [2.05, 4.69) is 4.98 Å². The van der Waals surface area contributed by atoms with Gasteiger partial charge >= 0.3 is 5.97 Å². The minimum atomic E-state index is -0.518. The van der Waals surface area contributed by atoms with Gasteiger partial charge in [-0.15, -0.1) is 0 Å². The number of hydrogen-bond donors (Lipinski definition) is 1. The SMILES string of the molecule is O=C1C[C@@H](c2cccc(F)c2)c2c(c3ccccc3[nH]c2=O)O1. The summed E-state index contributed by atoms with van der Waals surface area (Å²) < 4.78 is 18.9. The zero-order valence-corrected chi connectivity index (χ0v) is 12.0. The van der Waals surface area contributed by atoms with Gasteiger partial charge in [0.1, 0.15) is 11.6 Å². The first-order valence-electron chi connectivity index (χ1n) is 7.24. The maximum Gasteiger partial charge on any atom is 0.312 e. The van der Waals surface area contributed by atoms with Crippen LogP contribution >= 0.6 is 0 Å². The molecule has 0 amide bonds. The molecule has 4 rings (SSSR count). The van der Waals surface area contributed by atoms with Gasteiger partial charge < -0.3 is 9.72 Å². The van der Waals surface area contributed by atoms with Crippen molar-refractivity contribution < 1.29 is 13.9 Å². The minimum Gasteiger partial charge on any atom is -0.425 e. The summed E-state index contributed by atoms with van der Waals surface area (Å²) in [5.41, 5.74) is 1.24. The molecular weight excluding hydrogens is 297 g/mol. The maximum atomic E-state index is 13.5. The van der Waals surface area contributed by atoms with Crippen molar-refractivity contribution in [3.63, 3.8) is 0 Å². The van der Waals surface area contributed by atoms with Crippen LogP contribution in [0.2, 0.25) is 0 Å². The van der Waals surface area contributed by atoms with Gasteiger partial charge in [-0.25, -0.2) is 4.39 Å². The van der Waals surface area contributed by atoms with Gasteiger partial charge in [-0.2, -0.15) is 0 Å². The molecule has 0 fully saturated rings. The topological polar surface area (TPSA) is 59.2 Å². The number of rotatable bonds is 1. The molecule has 2 heterocycles. The van der Waals surface area contributed by atoms with E-state index < -0.39 is 17.7 Å². The number of carbonyl (C=O) groups is 1. The molecule has 114 valence electrons. The summed E-state index contributed by atoms with van der Waals surface area (Å²) in [6.45, 7) is 0. The van der Waals surface area contributed by atoms with E-state index in [-0.39, 0.29) is 17.7 Å². The first kappa shape index (κ1) is 13.7. The van der Waals surface area contributed by atoms with Crippen molar-refractivity contribution in [3.05, 3.63) is 75.8 Å². The highest BCUT2D eigenvalue weighted by atomic mass is 19.1. The first-order valence-corrected chi connectivity index (χ1v) is 7.24. The highest BCUT2D eigenvalue weighted by Gasteiger charge is 2.32. The molecule has 4 nitrogen and oxygen atoms in total. The largest absolute Gasteiger partial charge is 0.425 e. The molecule has 1 aromatic heterocycles. The van der Waals surface area contributed by atoms with Crippen LogP contribution in [0.4, 0.5) is 4.39 Å². The Morgan fingerprint density at radius 2 is 1.91 bits per heavy atom. The number of ether oxygens (including phenoxy) is 1. The van der Waals surface area contributed by atoms with Gasteiger partial charge in [-0.3, -0.25) is 9.59 Å². The fourth-order valence-corrected chi connectivity index (χ4v) is 3.09. The molecule has 23 heavy (non-hydrogen) atoms. The Balaban J connectivity index is 2.02. The standard InChI is InChI=1S/C18H12FNO3/c19-11-5-3-4-10(8-11)13-9-15(21)23-17-12-6-1-2-7-14(12)20-18(22)16(13)17/h1-8,13H,9H2,(H,20,22)/t13-/m0/s1. The van der Waals surface area contributed by atoms with E-state index in [1.54, 1.807) is 36.4 Å². The van der Waals surface area contributed by atoms with Gasteiger partial charge in [0.25, 0.3) is 5.56 Å². The lowest BCUT2D eigenvalue weighted by Crippen LogP contribution is -2.28. The number of benzene rings is 2. The van der Waals surface area contributed by atoms with Gasteiger partial charge in [-0.1, -0.05) is 24.3 Å².